The van der Waals surface area contributed by atoms with Crippen molar-refractivity contribution in [2.24, 2.45) is 16.3 Å². The standard InChI is InChI=1S/C27H36N2O2/c1-19-9-11-21(12-10-19)20(2)25(22-7-6-8-24(31)17-22)29-27(28-18-30)15-13-23(14-16-27)26(3,4)5/h6-12,17-18,20,23,31H,13-16H2,1-5H3,(H,28,30)/b29-25+. The summed E-state index contributed by atoms with van der Waals surface area (Å²) in [4.78, 5) is 16.8. The van der Waals surface area contributed by atoms with Crippen LogP contribution in [0.25, 0.3) is 0 Å². The fraction of sp³-hybridized carbons (Fsp3) is 0.481. The Morgan fingerprint density at radius 3 is 2.35 bits per heavy atom. The number of hydrogen-bond acceptors (Lipinski definition) is 3. The van der Waals surface area contributed by atoms with E-state index >= 15 is 0 Å². The maximum Gasteiger partial charge on any atom is 0.208 e. The van der Waals surface area contributed by atoms with Crippen molar-refractivity contribution in [3.05, 3.63) is 65.2 Å². The summed E-state index contributed by atoms with van der Waals surface area (Å²) >= 11 is 0. The van der Waals surface area contributed by atoms with Crippen molar-refractivity contribution in [1.29, 1.82) is 0 Å². The normalized spacial score (nSPS) is 23.3. The number of nitrogens with zero attached hydrogens (tertiary/aromatic N) is 1. The molecule has 1 fully saturated rings. The zero-order valence-corrected chi connectivity index (χ0v) is 19.5. The number of aromatic hydroxyl groups is 1. The van der Waals surface area contributed by atoms with Crippen molar-refractivity contribution in [2.75, 3.05) is 0 Å². The van der Waals surface area contributed by atoms with E-state index in [9.17, 15) is 9.90 Å². The molecule has 2 aromatic rings. The highest BCUT2D eigenvalue weighted by atomic mass is 16.3. The number of hydrogen-bond donors (Lipinski definition) is 2. The Morgan fingerprint density at radius 2 is 1.81 bits per heavy atom. The van der Waals surface area contributed by atoms with Crippen LogP contribution in [-0.2, 0) is 4.79 Å². The Kier molecular flexibility index (Phi) is 6.88. The fourth-order valence-corrected chi connectivity index (χ4v) is 4.68. The minimum atomic E-state index is -0.608. The molecule has 0 heterocycles. The molecule has 1 saturated carbocycles. The second-order valence-corrected chi connectivity index (χ2v) is 10.1. The second kappa shape index (κ2) is 9.25. The zero-order chi connectivity index (χ0) is 22.6. The lowest BCUT2D eigenvalue weighted by Crippen LogP contribution is -2.48. The van der Waals surface area contributed by atoms with E-state index in [1.807, 2.05) is 12.1 Å². The summed E-state index contributed by atoms with van der Waals surface area (Å²) in [5.74, 6) is 0.853. The summed E-state index contributed by atoms with van der Waals surface area (Å²) < 4.78 is 0. The number of benzene rings is 2. The van der Waals surface area contributed by atoms with Crippen LogP contribution in [0.5, 0.6) is 5.75 Å². The Bertz CT molecular complexity index is 917. The lowest BCUT2D eigenvalue weighted by molar-refractivity contribution is -0.111. The molecule has 0 saturated heterocycles. The van der Waals surface area contributed by atoms with Gasteiger partial charge in [-0.25, -0.2) is 0 Å². The molecule has 0 aromatic heterocycles. The molecule has 1 atom stereocenters. The molecule has 0 bridgehead atoms. The molecule has 166 valence electrons. The van der Waals surface area contributed by atoms with Gasteiger partial charge in [0.15, 0.2) is 0 Å². The molecule has 1 aliphatic rings. The van der Waals surface area contributed by atoms with E-state index in [4.69, 9.17) is 4.99 Å². The highest BCUT2D eigenvalue weighted by Gasteiger charge is 2.39. The second-order valence-electron chi connectivity index (χ2n) is 10.1. The van der Waals surface area contributed by atoms with Crippen molar-refractivity contribution in [1.82, 2.24) is 5.32 Å². The minimum absolute atomic E-state index is 0.0214. The molecule has 1 aliphatic carbocycles. The smallest absolute Gasteiger partial charge is 0.208 e. The maximum absolute atomic E-state index is 11.6. The molecule has 0 spiro atoms. The summed E-state index contributed by atoms with van der Waals surface area (Å²) in [5.41, 5.74) is 3.80. The Balaban J connectivity index is 2.04. The summed E-state index contributed by atoms with van der Waals surface area (Å²) in [6.07, 6.45) is 4.48. The highest BCUT2D eigenvalue weighted by Crippen LogP contribution is 2.42. The van der Waals surface area contributed by atoms with Crippen molar-refractivity contribution in [2.45, 2.75) is 71.9 Å². The van der Waals surface area contributed by atoms with E-state index in [2.05, 4.69) is 64.2 Å². The third kappa shape index (κ3) is 5.55. The van der Waals surface area contributed by atoms with E-state index in [-0.39, 0.29) is 17.1 Å². The third-order valence-electron chi connectivity index (χ3n) is 6.83. The Labute approximate surface area is 186 Å². The highest BCUT2D eigenvalue weighted by molar-refractivity contribution is 6.05. The molecule has 3 rings (SSSR count). The number of phenolic OH excluding ortho intramolecular Hbond substituents is 1. The van der Waals surface area contributed by atoms with Crippen LogP contribution < -0.4 is 5.32 Å². The quantitative estimate of drug-likeness (QED) is 0.446. The van der Waals surface area contributed by atoms with Gasteiger partial charge in [-0.15, -0.1) is 0 Å². The predicted molar refractivity (Wildman–Crippen MR) is 128 cm³/mol. The topological polar surface area (TPSA) is 61.7 Å². The number of carbonyl (C=O) groups is 1. The first-order chi connectivity index (χ1) is 14.6. The van der Waals surface area contributed by atoms with Gasteiger partial charge in [0.2, 0.25) is 6.41 Å². The molecule has 1 unspecified atom stereocenters. The van der Waals surface area contributed by atoms with Crippen LogP contribution in [0.15, 0.2) is 53.5 Å². The number of rotatable bonds is 6. The average Bonchev–Trinajstić information content (AvgIpc) is 2.72. The Morgan fingerprint density at radius 1 is 1.16 bits per heavy atom. The lowest BCUT2D eigenvalue weighted by Gasteiger charge is -2.42. The molecule has 0 aliphatic heterocycles. The van der Waals surface area contributed by atoms with Crippen molar-refractivity contribution in [3.63, 3.8) is 0 Å². The molecule has 2 aromatic carbocycles. The van der Waals surface area contributed by atoms with Crippen LogP contribution in [0.1, 0.15) is 76.0 Å². The van der Waals surface area contributed by atoms with Gasteiger partial charge in [-0.1, -0.05) is 69.7 Å². The van der Waals surface area contributed by atoms with Gasteiger partial charge >= 0.3 is 0 Å². The number of carbonyl (C=O) groups excluding carboxylic acids is 1. The summed E-state index contributed by atoms with van der Waals surface area (Å²) in [7, 11) is 0. The number of amides is 1. The Hall–Kier alpha value is -2.62. The van der Waals surface area contributed by atoms with Gasteiger partial charge in [-0.3, -0.25) is 9.79 Å². The van der Waals surface area contributed by atoms with Crippen LogP contribution in [0, 0.1) is 18.3 Å². The van der Waals surface area contributed by atoms with Crippen LogP contribution in [0.4, 0.5) is 0 Å². The number of phenols is 1. The van der Waals surface area contributed by atoms with Gasteiger partial charge in [-0.2, -0.15) is 0 Å². The minimum Gasteiger partial charge on any atom is -0.508 e. The van der Waals surface area contributed by atoms with Gasteiger partial charge in [-0.05, 0) is 67.2 Å². The third-order valence-corrected chi connectivity index (χ3v) is 6.83. The van der Waals surface area contributed by atoms with E-state index in [1.165, 1.54) is 5.56 Å². The van der Waals surface area contributed by atoms with Crippen molar-refractivity contribution < 1.29 is 9.90 Å². The first-order valence-corrected chi connectivity index (χ1v) is 11.3. The largest absolute Gasteiger partial charge is 0.508 e. The molecule has 4 nitrogen and oxygen atoms in total. The maximum atomic E-state index is 11.6. The number of aliphatic imine (C=N–C) groups is 1. The zero-order valence-electron chi connectivity index (χ0n) is 19.5. The molecule has 1 amide bonds. The van der Waals surface area contributed by atoms with Crippen LogP contribution in [-0.4, -0.2) is 22.9 Å². The van der Waals surface area contributed by atoms with Gasteiger partial charge in [0.05, 0.1) is 5.71 Å². The van der Waals surface area contributed by atoms with E-state index in [0.717, 1.165) is 48.9 Å². The monoisotopic (exact) mass is 420 g/mol. The van der Waals surface area contributed by atoms with Crippen LogP contribution in [0.2, 0.25) is 0 Å². The lowest BCUT2D eigenvalue weighted by atomic mass is 9.69. The summed E-state index contributed by atoms with van der Waals surface area (Å²) in [5, 5.41) is 13.2. The first-order valence-electron chi connectivity index (χ1n) is 11.3. The van der Waals surface area contributed by atoms with E-state index < -0.39 is 5.66 Å². The molecular weight excluding hydrogens is 384 g/mol. The van der Waals surface area contributed by atoms with Gasteiger partial charge in [0, 0.05) is 5.92 Å². The molecular formula is C27H36N2O2. The van der Waals surface area contributed by atoms with E-state index in [0.29, 0.717) is 5.92 Å². The van der Waals surface area contributed by atoms with Crippen LogP contribution in [0.3, 0.4) is 0 Å². The molecule has 31 heavy (non-hydrogen) atoms. The van der Waals surface area contributed by atoms with Gasteiger partial charge < -0.3 is 10.4 Å². The van der Waals surface area contributed by atoms with Crippen molar-refractivity contribution >= 4 is 12.1 Å². The first kappa shape index (κ1) is 23.1. The summed E-state index contributed by atoms with van der Waals surface area (Å²) in [6.45, 7) is 11.1. The van der Waals surface area contributed by atoms with E-state index in [1.54, 1.807) is 12.1 Å². The average molecular weight is 421 g/mol. The molecule has 2 N–H and O–H groups in total. The number of aryl methyl sites for hydroxylation is 1. The SMILES string of the molecule is Cc1ccc(C(C)/C(=N\C2(NC=O)CCC(C(C)(C)C)CC2)c2cccc(O)c2)cc1. The van der Waals surface area contributed by atoms with Gasteiger partial charge in [0.25, 0.3) is 0 Å². The van der Waals surface area contributed by atoms with Gasteiger partial charge in [0.1, 0.15) is 11.4 Å². The fourth-order valence-electron chi connectivity index (χ4n) is 4.68. The molecule has 4 heteroatoms. The van der Waals surface area contributed by atoms with Crippen LogP contribution >= 0.6 is 0 Å². The summed E-state index contributed by atoms with van der Waals surface area (Å²) in [6, 6.07) is 15.8. The molecule has 0 radical (unpaired) electrons. The predicted octanol–water partition coefficient (Wildman–Crippen LogP) is 5.97. The van der Waals surface area contributed by atoms with Crippen molar-refractivity contribution in [3.8, 4) is 5.75 Å². The number of nitrogens with one attached hydrogen (secondary N) is 1.